The number of phenols is 2. The number of imidazole rings is 2. The number of rotatable bonds is 1. The van der Waals surface area contributed by atoms with E-state index in [9.17, 15) is 10.2 Å². The molecule has 0 fully saturated rings. The molecule has 7 nitrogen and oxygen atoms in total. The molecule has 4 aromatic rings. The average molecular weight is 295 g/mol. The second kappa shape index (κ2) is 4.20. The number of nitrogens with zero attached hydrogens (tertiary/aromatic N) is 3. The molecule has 0 amide bonds. The Morgan fingerprint density at radius 3 is 2.59 bits per heavy atom. The summed E-state index contributed by atoms with van der Waals surface area (Å²) >= 11 is 0. The number of fused-ring (bicyclic) bond motifs is 2. The minimum atomic E-state index is 0.0723. The van der Waals surface area contributed by atoms with Crippen molar-refractivity contribution >= 4 is 22.3 Å². The van der Waals surface area contributed by atoms with E-state index in [1.807, 2.05) is 13.0 Å². The zero-order valence-corrected chi connectivity index (χ0v) is 12.0. The standard InChI is InChI=1S/C15H13N5O2/c1-6-3-8(21)4-9(12(6)22)13-18-11-5-10-14(17-7(2)16-10)20-15(11)19-13/h3-5,21-22H,1-2H3,(H2,16,17,18,19,20). The Labute approximate surface area is 124 Å². The monoisotopic (exact) mass is 295 g/mol. The van der Waals surface area contributed by atoms with Gasteiger partial charge in [-0.3, -0.25) is 0 Å². The molecule has 0 radical (unpaired) electrons. The number of hydrogen-bond acceptors (Lipinski definition) is 5. The summed E-state index contributed by atoms with van der Waals surface area (Å²) in [7, 11) is 0. The van der Waals surface area contributed by atoms with Gasteiger partial charge >= 0.3 is 0 Å². The van der Waals surface area contributed by atoms with Crippen LogP contribution in [-0.2, 0) is 0 Å². The summed E-state index contributed by atoms with van der Waals surface area (Å²) in [6, 6.07) is 4.81. The van der Waals surface area contributed by atoms with Crippen LogP contribution in [0.5, 0.6) is 11.5 Å². The van der Waals surface area contributed by atoms with Crippen LogP contribution >= 0.6 is 0 Å². The Morgan fingerprint density at radius 2 is 1.77 bits per heavy atom. The van der Waals surface area contributed by atoms with E-state index in [4.69, 9.17) is 0 Å². The predicted octanol–water partition coefficient (Wildman–Crippen LogP) is 2.53. The van der Waals surface area contributed by atoms with E-state index < -0.39 is 0 Å². The lowest BCUT2D eigenvalue weighted by molar-refractivity contribution is 0.458. The van der Waals surface area contributed by atoms with E-state index in [1.54, 1.807) is 6.92 Å². The zero-order chi connectivity index (χ0) is 15.4. The third kappa shape index (κ3) is 1.79. The first-order chi connectivity index (χ1) is 10.5. The van der Waals surface area contributed by atoms with Gasteiger partial charge in [0.2, 0.25) is 0 Å². The maximum absolute atomic E-state index is 10.2. The van der Waals surface area contributed by atoms with E-state index in [0.717, 1.165) is 16.9 Å². The van der Waals surface area contributed by atoms with E-state index in [1.165, 1.54) is 12.1 Å². The fourth-order valence-corrected chi connectivity index (χ4v) is 2.56. The van der Waals surface area contributed by atoms with Crippen LogP contribution < -0.4 is 0 Å². The van der Waals surface area contributed by atoms with Gasteiger partial charge in [0.05, 0.1) is 11.1 Å². The third-order valence-corrected chi connectivity index (χ3v) is 3.58. The molecule has 0 aliphatic heterocycles. The number of aryl methyl sites for hydroxylation is 2. The summed E-state index contributed by atoms with van der Waals surface area (Å²) in [5.74, 6) is 1.39. The summed E-state index contributed by atoms with van der Waals surface area (Å²) in [5, 5.41) is 19.9. The minimum Gasteiger partial charge on any atom is -0.508 e. The predicted molar refractivity (Wildman–Crippen MR) is 81.8 cm³/mol. The van der Waals surface area contributed by atoms with Crippen LogP contribution in [0.1, 0.15) is 11.4 Å². The van der Waals surface area contributed by atoms with Gasteiger partial charge in [0, 0.05) is 0 Å². The van der Waals surface area contributed by atoms with E-state index in [0.29, 0.717) is 28.2 Å². The van der Waals surface area contributed by atoms with E-state index >= 15 is 0 Å². The topological polar surface area (TPSA) is 111 Å². The van der Waals surface area contributed by atoms with Gasteiger partial charge in [0.1, 0.15) is 28.7 Å². The van der Waals surface area contributed by atoms with Crippen molar-refractivity contribution in [3.63, 3.8) is 0 Å². The molecular formula is C15H13N5O2. The molecule has 110 valence electrons. The molecule has 0 spiro atoms. The Kier molecular flexibility index (Phi) is 2.41. The number of H-pyrrole nitrogens is 2. The first-order valence-corrected chi connectivity index (χ1v) is 6.77. The third-order valence-electron chi connectivity index (χ3n) is 3.58. The maximum atomic E-state index is 10.2. The first kappa shape index (κ1) is 12.6. The normalized spacial score (nSPS) is 11.5. The highest BCUT2D eigenvalue weighted by atomic mass is 16.3. The van der Waals surface area contributed by atoms with Crippen LogP contribution in [0.3, 0.4) is 0 Å². The molecule has 4 rings (SSSR count). The molecule has 0 atom stereocenters. The lowest BCUT2D eigenvalue weighted by Crippen LogP contribution is -1.85. The van der Waals surface area contributed by atoms with Crippen LogP contribution in [-0.4, -0.2) is 35.1 Å². The summed E-state index contributed by atoms with van der Waals surface area (Å²) in [5.41, 5.74) is 3.66. The zero-order valence-electron chi connectivity index (χ0n) is 12.0. The van der Waals surface area contributed by atoms with Crippen molar-refractivity contribution in [3.8, 4) is 22.9 Å². The molecule has 0 saturated heterocycles. The van der Waals surface area contributed by atoms with Crippen molar-refractivity contribution in [3.05, 3.63) is 29.6 Å². The SMILES string of the molecule is Cc1nc2cc3[nH]c(-c4cc(O)cc(C)c4O)nc3nc2[nH]1. The summed E-state index contributed by atoms with van der Waals surface area (Å²) in [6.45, 7) is 3.58. The quantitative estimate of drug-likeness (QED) is 0.403. The lowest BCUT2D eigenvalue weighted by atomic mass is 10.1. The molecule has 3 heterocycles. The number of aromatic hydroxyl groups is 2. The number of phenolic OH excluding ortho intramolecular Hbond substituents is 2. The van der Waals surface area contributed by atoms with Gasteiger partial charge in [-0.1, -0.05) is 0 Å². The fraction of sp³-hybridized carbons (Fsp3) is 0.133. The van der Waals surface area contributed by atoms with Gasteiger partial charge in [-0.15, -0.1) is 0 Å². The van der Waals surface area contributed by atoms with Crippen LogP contribution in [0.4, 0.5) is 0 Å². The molecule has 1 aromatic carbocycles. The summed E-state index contributed by atoms with van der Waals surface area (Å²) in [6.07, 6.45) is 0. The molecule has 7 heteroatoms. The lowest BCUT2D eigenvalue weighted by Gasteiger charge is -2.05. The Balaban J connectivity index is 1.96. The number of benzene rings is 1. The van der Waals surface area contributed by atoms with Gasteiger partial charge < -0.3 is 20.2 Å². The smallest absolute Gasteiger partial charge is 0.180 e. The molecule has 22 heavy (non-hydrogen) atoms. The number of hydrogen-bond donors (Lipinski definition) is 4. The second-order valence-corrected chi connectivity index (χ2v) is 5.29. The van der Waals surface area contributed by atoms with Crippen LogP contribution in [0, 0.1) is 13.8 Å². The minimum absolute atomic E-state index is 0.0723. The number of aromatic nitrogens is 5. The molecule has 4 N–H and O–H groups in total. The molecule has 0 bridgehead atoms. The molecule has 0 aliphatic carbocycles. The van der Waals surface area contributed by atoms with Gasteiger partial charge in [-0.05, 0) is 37.6 Å². The van der Waals surface area contributed by atoms with Crippen LogP contribution in [0.15, 0.2) is 18.2 Å². The first-order valence-electron chi connectivity index (χ1n) is 6.77. The van der Waals surface area contributed by atoms with E-state index in [-0.39, 0.29) is 11.5 Å². The number of pyridine rings is 1. The fourth-order valence-electron chi connectivity index (χ4n) is 2.56. The highest BCUT2D eigenvalue weighted by Gasteiger charge is 2.15. The molecule has 0 aliphatic rings. The Bertz CT molecular complexity index is 980. The molecule has 0 unspecified atom stereocenters. The largest absolute Gasteiger partial charge is 0.508 e. The number of nitrogens with one attached hydrogen (secondary N) is 2. The van der Waals surface area contributed by atoms with Gasteiger partial charge in [0.15, 0.2) is 11.3 Å². The van der Waals surface area contributed by atoms with E-state index in [2.05, 4.69) is 24.9 Å². The molecule has 0 saturated carbocycles. The highest BCUT2D eigenvalue weighted by Crippen LogP contribution is 2.34. The van der Waals surface area contributed by atoms with Crippen LogP contribution in [0.25, 0.3) is 33.7 Å². The van der Waals surface area contributed by atoms with Crippen molar-refractivity contribution in [2.75, 3.05) is 0 Å². The Morgan fingerprint density at radius 1 is 0.955 bits per heavy atom. The number of aromatic amines is 2. The van der Waals surface area contributed by atoms with Gasteiger partial charge in [-0.25, -0.2) is 15.0 Å². The van der Waals surface area contributed by atoms with Crippen molar-refractivity contribution in [2.45, 2.75) is 13.8 Å². The van der Waals surface area contributed by atoms with Gasteiger partial charge in [0.25, 0.3) is 0 Å². The summed E-state index contributed by atoms with van der Waals surface area (Å²) < 4.78 is 0. The van der Waals surface area contributed by atoms with Gasteiger partial charge in [-0.2, -0.15) is 0 Å². The molecular weight excluding hydrogens is 282 g/mol. The second-order valence-electron chi connectivity index (χ2n) is 5.29. The maximum Gasteiger partial charge on any atom is 0.180 e. The molecule has 3 aromatic heterocycles. The van der Waals surface area contributed by atoms with Crippen molar-refractivity contribution in [1.82, 2.24) is 24.9 Å². The van der Waals surface area contributed by atoms with Crippen molar-refractivity contribution in [2.24, 2.45) is 0 Å². The highest BCUT2D eigenvalue weighted by molar-refractivity contribution is 5.87. The van der Waals surface area contributed by atoms with Crippen LogP contribution in [0.2, 0.25) is 0 Å². The van der Waals surface area contributed by atoms with Crippen molar-refractivity contribution in [1.29, 1.82) is 0 Å². The summed E-state index contributed by atoms with van der Waals surface area (Å²) in [4.78, 5) is 19.3. The average Bonchev–Trinajstić information content (AvgIpc) is 3.01. The Hall–Kier alpha value is -3.09. The van der Waals surface area contributed by atoms with Crippen molar-refractivity contribution < 1.29 is 10.2 Å².